The summed E-state index contributed by atoms with van der Waals surface area (Å²) < 4.78 is 5.30. The van der Waals surface area contributed by atoms with Crippen LogP contribution in [-0.4, -0.2) is 37.3 Å². The van der Waals surface area contributed by atoms with Crippen molar-refractivity contribution in [3.8, 4) is 5.75 Å². The van der Waals surface area contributed by atoms with Gasteiger partial charge in [0.15, 0.2) is 0 Å². The molecule has 5 nitrogen and oxygen atoms in total. The molecule has 1 atom stereocenters. The maximum atomic E-state index is 10.5. The molecule has 0 aromatic heterocycles. The molecule has 0 saturated heterocycles. The maximum Gasteiger partial charge on any atom is 0.320 e. The molecular weight excluding hydrogens is 244 g/mol. The van der Waals surface area contributed by atoms with Gasteiger partial charge in [0.1, 0.15) is 11.8 Å². The van der Waals surface area contributed by atoms with E-state index in [1.165, 1.54) is 5.56 Å². The number of carbonyl (C=O) groups is 1. The van der Waals surface area contributed by atoms with Crippen LogP contribution >= 0.6 is 0 Å². The molecule has 1 rings (SSSR count). The van der Waals surface area contributed by atoms with Crippen LogP contribution in [0.4, 0.5) is 0 Å². The molecule has 0 bridgehead atoms. The van der Waals surface area contributed by atoms with Gasteiger partial charge in [0, 0.05) is 0 Å². The van der Waals surface area contributed by atoms with Gasteiger partial charge in [0.25, 0.3) is 0 Å². The summed E-state index contributed by atoms with van der Waals surface area (Å²) in [5.74, 6) is -0.0724. The molecule has 5 heteroatoms. The second-order valence-electron chi connectivity index (χ2n) is 4.55. The van der Waals surface area contributed by atoms with Gasteiger partial charge < -0.3 is 20.9 Å². The summed E-state index contributed by atoms with van der Waals surface area (Å²) in [6, 6.07) is 5.29. The highest BCUT2D eigenvalue weighted by molar-refractivity contribution is 5.72. The molecule has 1 aromatic rings. The first-order chi connectivity index (χ1) is 9.04. The Hall–Kier alpha value is -1.59. The van der Waals surface area contributed by atoms with Crippen LogP contribution in [0.5, 0.6) is 5.75 Å². The average Bonchev–Trinajstić information content (AvgIpc) is 2.38. The van der Waals surface area contributed by atoms with Crippen LogP contribution in [0.2, 0.25) is 0 Å². The molecule has 0 aliphatic rings. The highest BCUT2D eigenvalue weighted by atomic mass is 16.5. The van der Waals surface area contributed by atoms with Crippen LogP contribution in [0.1, 0.15) is 17.5 Å². The number of benzene rings is 1. The number of hydrogen-bond donors (Lipinski definition) is 3. The SMILES string of the molecule is COc1ccc(C)cc1CCNCCC(N)C(=O)O. The van der Waals surface area contributed by atoms with E-state index in [2.05, 4.69) is 11.4 Å². The van der Waals surface area contributed by atoms with Crippen molar-refractivity contribution in [3.63, 3.8) is 0 Å². The van der Waals surface area contributed by atoms with Crippen LogP contribution in [0.3, 0.4) is 0 Å². The highest BCUT2D eigenvalue weighted by Crippen LogP contribution is 2.19. The lowest BCUT2D eigenvalue weighted by atomic mass is 10.1. The van der Waals surface area contributed by atoms with E-state index in [1.807, 2.05) is 19.1 Å². The van der Waals surface area contributed by atoms with Gasteiger partial charge in [0.05, 0.1) is 7.11 Å². The Balaban J connectivity index is 2.33. The monoisotopic (exact) mass is 266 g/mol. The fraction of sp³-hybridized carbons (Fsp3) is 0.500. The van der Waals surface area contributed by atoms with Crippen LogP contribution < -0.4 is 15.8 Å². The van der Waals surface area contributed by atoms with E-state index < -0.39 is 12.0 Å². The number of carboxylic acid groups (broad SMARTS) is 1. The molecule has 0 aliphatic carbocycles. The summed E-state index contributed by atoms with van der Waals surface area (Å²) in [5, 5.41) is 11.8. The van der Waals surface area contributed by atoms with E-state index in [0.717, 1.165) is 24.3 Å². The zero-order chi connectivity index (χ0) is 14.3. The summed E-state index contributed by atoms with van der Waals surface area (Å²) in [5.41, 5.74) is 7.76. The standard InChI is InChI=1S/C14H22N2O3/c1-10-3-4-13(19-2)11(9-10)5-7-16-8-6-12(15)14(17)18/h3-4,9,12,16H,5-8,15H2,1-2H3,(H,17,18). The van der Waals surface area contributed by atoms with E-state index in [4.69, 9.17) is 15.6 Å². The molecule has 0 spiro atoms. The molecule has 106 valence electrons. The van der Waals surface area contributed by atoms with E-state index in [-0.39, 0.29) is 0 Å². The smallest absolute Gasteiger partial charge is 0.320 e. The quantitative estimate of drug-likeness (QED) is 0.610. The van der Waals surface area contributed by atoms with Gasteiger partial charge in [-0.3, -0.25) is 4.79 Å². The zero-order valence-corrected chi connectivity index (χ0v) is 11.5. The molecule has 1 aromatic carbocycles. The molecule has 1 unspecified atom stereocenters. The number of ether oxygens (including phenoxy) is 1. The van der Waals surface area contributed by atoms with Gasteiger partial charge in [-0.05, 0) is 44.5 Å². The van der Waals surface area contributed by atoms with E-state index >= 15 is 0 Å². The molecule has 0 aliphatic heterocycles. The number of nitrogens with one attached hydrogen (secondary N) is 1. The van der Waals surface area contributed by atoms with Crippen molar-refractivity contribution < 1.29 is 14.6 Å². The number of aliphatic carboxylic acids is 1. The maximum absolute atomic E-state index is 10.5. The molecule has 4 N–H and O–H groups in total. The van der Waals surface area contributed by atoms with Gasteiger partial charge in [0.2, 0.25) is 0 Å². The first kappa shape index (κ1) is 15.5. The van der Waals surface area contributed by atoms with Crippen molar-refractivity contribution in [3.05, 3.63) is 29.3 Å². The normalized spacial score (nSPS) is 12.2. The number of aryl methyl sites for hydroxylation is 1. The Bertz CT molecular complexity index is 421. The Kier molecular flexibility index (Phi) is 6.32. The van der Waals surface area contributed by atoms with Gasteiger partial charge in [-0.15, -0.1) is 0 Å². The van der Waals surface area contributed by atoms with Gasteiger partial charge >= 0.3 is 5.97 Å². The fourth-order valence-electron chi connectivity index (χ4n) is 1.83. The summed E-state index contributed by atoms with van der Waals surface area (Å²) in [6.45, 7) is 3.41. The van der Waals surface area contributed by atoms with E-state index in [0.29, 0.717) is 13.0 Å². The molecule has 0 saturated carbocycles. The molecule has 19 heavy (non-hydrogen) atoms. The summed E-state index contributed by atoms with van der Waals surface area (Å²) in [7, 11) is 1.66. The van der Waals surface area contributed by atoms with Gasteiger partial charge in [-0.2, -0.15) is 0 Å². The second-order valence-corrected chi connectivity index (χ2v) is 4.55. The Morgan fingerprint density at radius 3 is 2.84 bits per heavy atom. The van der Waals surface area contributed by atoms with Crippen molar-refractivity contribution in [2.75, 3.05) is 20.2 Å². The minimum Gasteiger partial charge on any atom is -0.496 e. The molecule has 0 fully saturated rings. The average molecular weight is 266 g/mol. The first-order valence-corrected chi connectivity index (χ1v) is 6.37. The minimum atomic E-state index is -0.956. The predicted octanol–water partition coefficient (Wildman–Crippen LogP) is 0.938. The summed E-state index contributed by atoms with van der Waals surface area (Å²) >= 11 is 0. The number of hydrogen-bond acceptors (Lipinski definition) is 4. The van der Waals surface area contributed by atoms with Crippen molar-refractivity contribution in [2.45, 2.75) is 25.8 Å². The van der Waals surface area contributed by atoms with Gasteiger partial charge in [-0.25, -0.2) is 0 Å². The fourth-order valence-corrected chi connectivity index (χ4v) is 1.83. The lowest BCUT2D eigenvalue weighted by Crippen LogP contribution is -2.34. The van der Waals surface area contributed by atoms with Crippen LogP contribution in [-0.2, 0) is 11.2 Å². The topological polar surface area (TPSA) is 84.6 Å². The lowest BCUT2D eigenvalue weighted by molar-refractivity contribution is -0.138. The van der Waals surface area contributed by atoms with Crippen LogP contribution in [0, 0.1) is 6.92 Å². The lowest BCUT2D eigenvalue weighted by Gasteiger charge is -2.11. The van der Waals surface area contributed by atoms with Crippen molar-refractivity contribution in [1.29, 1.82) is 0 Å². The van der Waals surface area contributed by atoms with E-state index in [1.54, 1.807) is 7.11 Å². The Morgan fingerprint density at radius 2 is 2.21 bits per heavy atom. The van der Waals surface area contributed by atoms with Crippen molar-refractivity contribution in [1.82, 2.24) is 5.32 Å². The van der Waals surface area contributed by atoms with Crippen LogP contribution in [0.15, 0.2) is 18.2 Å². The molecule has 0 heterocycles. The first-order valence-electron chi connectivity index (χ1n) is 6.37. The summed E-state index contributed by atoms with van der Waals surface area (Å²) in [6.07, 6.45) is 1.27. The number of methoxy groups -OCH3 is 1. The zero-order valence-electron chi connectivity index (χ0n) is 11.5. The highest BCUT2D eigenvalue weighted by Gasteiger charge is 2.10. The third-order valence-electron chi connectivity index (χ3n) is 2.96. The third-order valence-corrected chi connectivity index (χ3v) is 2.96. The molecule has 0 radical (unpaired) electrons. The third kappa shape index (κ3) is 5.28. The molecular formula is C14H22N2O3. The number of nitrogens with two attached hydrogens (primary N) is 1. The van der Waals surface area contributed by atoms with Crippen molar-refractivity contribution in [2.24, 2.45) is 5.73 Å². The second kappa shape index (κ2) is 7.76. The number of rotatable bonds is 8. The summed E-state index contributed by atoms with van der Waals surface area (Å²) in [4.78, 5) is 10.5. The Labute approximate surface area is 113 Å². The van der Waals surface area contributed by atoms with Crippen LogP contribution in [0.25, 0.3) is 0 Å². The predicted molar refractivity (Wildman–Crippen MR) is 74.5 cm³/mol. The molecule has 0 amide bonds. The van der Waals surface area contributed by atoms with Gasteiger partial charge in [-0.1, -0.05) is 17.7 Å². The van der Waals surface area contributed by atoms with E-state index in [9.17, 15) is 4.79 Å². The van der Waals surface area contributed by atoms with Crippen molar-refractivity contribution >= 4 is 5.97 Å². The number of carboxylic acids is 1. The Morgan fingerprint density at radius 1 is 1.47 bits per heavy atom. The minimum absolute atomic E-state index is 0.431. The largest absolute Gasteiger partial charge is 0.496 e.